The molecule has 0 aliphatic carbocycles. The molecule has 1 heterocycles. The number of aliphatic carboxylic acids is 1. The summed E-state index contributed by atoms with van der Waals surface area (Å²) in [4.78, 5) is 27.0. The number of carboxylic acids is 1. The first-order valence-electron chi connectivity index (χ1n) is 6.09. The first-order chi connectivity index (χ1) is 9.45. The van der Waals surface area contributed by atoms with Gasteiger partial charge in [0.2, 0.25) is 0 Å². The average molecular weight is 283 g/mol. The summed E-state index contributed by atoms with van der Waals surface area (Å²) in [6.07, 6.45) is -0.548. The van der Waals surface area contributed by atoms with Crippen LogP contribution in [0.15, 0.2) is 18.2 Å². The average Bonchev–Trinajstić information content (AvgIpc) is 2.80. The minimum atomic E-state index is -1.17. The Bertz CT molecular complexity index is 533. The molecule has 7 heteroatoms. The predicted molar refractivity (Wildman–Crippen MR) is 65.3 cm³/mol. The molecular formula is C13H14FNO5. The maximum Gasteiger partial charge on any atom is 0.310 e. The summed E-state index contributed by atoms with van der Waals surface area (Å²) >= 11 is 0. The van der Waals surface area contributed by atoms with E-state index in [1.165, 1.54) is 12.1 Å². The van der Waals surface area contributed by atoms with Crippen molar-refractivity contribution in [2.24, 2.45) is 0 Å². The Balaban J connectivity index is 1.93. The van der Waals surface area contributed by atoms with Crippen molar-refractivity contribution in [3.05, 3.63) is 29.6 Å². The molecule has 6 nitrogen and oxygen atoms in total. The Kier molecular flexibility index (Phi) is 4.31. The highest BCUT2D eigenvalue weighted by atomic mass is 19.1. The highest BCUT2D eigenvalue weighted by molar-refractivity contribution is 5.94. The Hall–Kier alpha value is -1.99. The van der Waals surface area contributed by atoms with Crippen LogP contribution in [0.3, 0.4) is 0 Å². The summed E-state index contributed by atoms with van der Waals surface area (Å²) in [6, 6.07) is 3.70. The van der Waals surface area contributed by atoms with Crippen molar-refractivity contribution in [1.82, 2.24) is 5.48 Å². The quantitative estimate of drug-likeness (QED) is 0.705. The molecule has 1 aliphatic heterocycles. The van der Waals surface area contributed by atoms with Gasteiger partial charge in [-0.2, -0.15) is 5.48 Å². The second kappa shape index (κ2) is 5.98. The van der Waals surface area contributed by atoms with E-state index in [9.17, 15) is 14.0 Å². The fourth-order valence-corrected chi connectivity index (χ4v) is 2.10. The van der Waals surface area contributed by atoms with Gasteiger partial charge in [-0.15, -0.1) is 0 Å². The lowest BCUT2D eigenvalue weighted by atomic mass is 9.99. The van der Waals surface area contributed by atoms with Crippen molar-refractivity contribution >= 4 is 11.8 Å². The number of hydrogen-bond acceptors (Lipinski definition) is 5. The van der Waals surface area contributed by atoms with E-state index >= 15 is 0 Å². The van der Waals surface area contributed by atoms with Crippen molar-refractivity contribution in [3.63, 3.8) is 0 Å². The summed E-state index contributed by atoms with van der Waals surface area (Å²) in [7, 11) is 0. The van der Waals surface area contributed by atoms with Gasteiger partial charge in [-0.3, -0.25) is 14.4 Å². The maximum atomic E-state index is 13.2. The molecule has 1 aromatic rings. The highest BCUT2D eigenvalue weighted by Crippen LogP contribution is 2.29. The molecule has 0 spiro atoms. The summed E-state index contributed by atoms with van der Waals surface area (Å²) in [5.41, 5.74) is 3.27. The number of aromatic hydroxyl groups is 1. The molecule has 1 saturated heterocycles. The molecular weight excluding hydrogens is 269 g/mol. The summed E-state index contributed by atoms with van der Waals surface area (Å²) in [6.45, 7) is 0. The molecule has 0 amide bonds. The predicted octanol–water partition coefficient (Wildman–Crippen LogP) is 1.30. The maximum absolute atomic E-state index is 13.2. The number of carboxylic acid groups (broad SMARTS) is 1. The Labute approximate surface area is 114 Å². The van der Waals surface area contributed by atoms with Gasteiger partial charge in [0.25, 0.3) is 0 Å². The number of ketones is 1. The van der Waals surface area contributed by atoms with Gasteiger partial charge in [-0.1, -0.05) is 6.07 Å². The molecule has 3 N–H and O–H groups in total. The fourth-order valence-electron chi connectivity index (χ4n) is 2.10. The summed E-state index contributed by atoms with van der Waals surface area (Å²) < 4.78 is 13.2. The van der Waals surface area contributed by atoms with Gasteiger partial charge >= 0.3 is 5.97 Å². The van der Waals surface area contributed by atoms with Crippen molar-refractivity contribution in [1.29, 1.82) is 0 Å². The fraction of sp³-hybridized carbons (Fsp3) is 0.385. The number of phenols is 1. The third kappa shape index (κ3) is 3.52. The molecule has 2 unspecified atom stereocenters. The van der Waals surface area contributed by atoms with Crippen LogP contribution in [0.25, 0.3) is 0 Å². The molecule has 1 fully saturated rings. The minimum Gasteiger partial charge on any atom is -0.505 e. The molecule has 2 atom stereocenters. The Morgan fingerprint density at radius 1 is 1.45 bits per heavy atom. The first-order valence-corrected chi connectivity index (χ1v) is 6.09. The molecule has 0 bridgehead atoms. The van der Waals surface area contributed by atoms with Gasteiger partial charge < -0.3 is 10.2 Å². The van der Waals surface area contributed by atoms with Crippen molar-refractivity contribution in [2.45, 2.75) is 31.4 Å². The van der Waals surface area contributed by atoms with Crippen LogP contribution in [0.5, 0.6) is 5.75 Å². The molecule has 108 valence electrons. The lowest BCUT2D eigenvalue weighted by Gasteiger charge is -2.09. The molecule has 0 radical (unpaired) electrons. The second-order valence-electron chi connectivity index (χ2n) is 4.67. The summed E-state index contributed by atoms with van der Waals surface area (Å²) in [5, 5.41) is 17.6. The van der Waals surface area contributed by atoms with Crippen molar-refractivity contribution < 1.29 is 29.0 Å². The third-order valence-electron chi connectivity index (χ3n) is 3.05. The Morgan fingerprint density at radius 3 is 2.85 bits per heavy atom. The third-order valence-corrected chi connectivity index (χ3v) is 3.05. The topological polar surface area (TPSA) is 95.9 Å². The van der Waals surface area contributed by atoms with Crippen LogP contribution in [-0.4, -0.2) is 28.1 Å². The van der Waals surface area contributed by atoms with Crippen LogP contribution in [0.2, 0.25) is 0 Å². The SMILES string of the molecule is O=C(O)CC(=O)CC1CC(c2ccc(O)c(F)c2)NO1. The van der Waals surface area contributed by atoms with Gasteiger partial charge in [0.1, 0.15) is 12.2 Å². The van der Waals surface area contributed by atoms with Crippen LogP contribution < -0.4 is 5.48 Å². The number of rotatable bonds is 5. The minimum absolute atomic E-state index is 0.00361. The van der Waals surface area contributed by atoms with E-state index in [4.69, 9.17) is 15.1 Å². The number of Topliss-reactive ketones (excluding diaryl/α,β-unsaturated/α-hetero) is 1. The smallest absolute Gasteiger partial charge is 0.310 e. The lowest BCUT2D eigenvalue weighted by molar-refractivity contribution is -0.140. The molecule has 0 aromatic heterocycles. The van der Waals surface area contributed by atoms with E-state index in [0.29, 0.717) is 12.0 Å². The van der Waals surface area contributed by atoms with Gasteiger partial charge in [-0.25, -0.2) is 4.39 Å². The van der Waals surface area contributed by atoms with Crippen molar-refractivity contribution in [2.75, 3.05) is 0 Å². The molecule has 2 rings (SSSR count). The van der Waals surface area contributed by atoms with Crippen LogP contribution in [0.1, 0.15) is 30.9 Å². The number of nitrogens with one attached hydrogen (secondary N) is 1. The van der Waals surface area contributed by atoms with Crippen LogP contribution in [0, 0.1) is 5.82 Å². The highest BCUT2D eigenvalue weighted by Gasteiger charge is 2.29. The number of halogens is 1. The van der Waals surface area contributed by atoms with Gasteiger partial charge in [0.05, 0.1) is 12.1 Å². The van der Waals surface area contributed by atoms with E-state index < -0.39 is 35.8 Å². The van der Waals surface area contributed by atoms with Crippen LogP contribution in [-0.2, 0) is 14.4 Å². The largest absolute Gasteiger partial charge is 0.505 e. The zero-order chi connectivity index (χ0) is 14.7. The number of carbonyl (C=O) groups is 2. The number of hydrogen-bond donors (Lipinski definition) is 3. The monoisotopic (exact) mass is 283 g/mol. The molecule has 0 saturated carbocycles. The zero-order valence-corrected chi connectivity index (χ0v) is 10.5. The normalized spacial score (nSPS) is 21.9. The zero-order valence-electron chi connectivity index (χ0n) is 10.5. The summed E-state index contributed by atoms with van der Waals surface area (Å²) in [5.74, 6) is -2.74. The molecule has 20 heavy (non-hydrogen) atoms. The van der Waals surface area contributed by atoms with E-state index in [0.717, 1.165) is 0 Å². The van der Waals surface area contributed by atoms with Gasteiger partial charge in [0.15, 0.2) is 11.6 Å². The van der Waals surface area contributed by atoms with Crippen molar-refractivity contribution in [3.8, 4) is 5.75 Å². The van der Waals surface area contributed by atoms with Crippen LogP contribution >= 0.6 is 0 Å². The van der Waals surface area contributed by atoms with E-state index in [2.05, 4.69) is 5.48 Å². The van der Waals surface area contributed by atoms with E-state index in [1.54, 1.807) is 6.07 Å². The number of phenolic OH excluding ortho intramolecular Hbond substituents is 1. The van der Waals surface area contributed by atoms with E-state index in [-0.39, 0.29) is 12.5 Å². The number of benzene rings is 1. The molecule has 1 aromatic carbocycles. The van der Waals surface area contributed by atoms with Gasteiger partial charge in [0, 0.05) is 6.42 Å². The second-order valence-corrected chi connectivity index (χ2v) is 4.67. The van der Waals surface area contributed by atoms with Gasteiger partial charge in [-0.05, 0) is 24.1 Å². The number of hydroxylamine groups is 1. The lowest BCUT2D eigenvalue weighted by Crippen LogP contribution is -2.17. The first kappa shape index (κ1) is 14.4. The number of carbonyl (C=O) groups excluding carboxylic acids is 1. The van der Waals surface area contributed by atoms with Crippen LogP contribution in [0.4, 0.5) is 4.39 Å². The molecule has 1 aliphatic rings. The standard InChI is InChI=1S/C13H14FNO5/c14-10-3-7(1-2-12(10)17)11-6-9(20-15-11)4-8(16)5-13(18)19/h1-3,9,11,15,17H,4-6H2,(H,18,19). The van der Waals surface area contributed by atoms with E-state index in [1.807, 2.05) is 0 Å². The Morgan fingerprint density at radius 2 is 2.20 bits per heavy atom.